The molecule has 1 saturated heterocycles. The molecule has 0 aliphatic carbocycles. The molecule has 1 unspecified atom stereocenters. The lowest BCUT2D eigenvalue weighted by Gasteiger charge is -2.23. The lowest BCUT2D eigenvalue weighted by atomic mass is 10.2. The van der Waals surface area contributed by atoms with Gasteiger partial charge in [-0.25, -0.2) is 0 Å². The second-order valence-corrected chi connectivity index (χ2v) is 5.59. The lowest BCUT2D eigenvalue weighted by molar-refractivity contribution is 0.394. The number of hydrogen-bond acceptors (Lipinski definition) is 4. The Kier molecular flexibility index (Phi) is 7.74. The van der Waals surface area contributed by atoms with Crippen LogP contribution < -0.4 is 19.7 Å². The molecule has 1 heterocycles. The molecular weight excluding hydrogens is 407 g/mol. The number of ether oxygens (including phenoxy) is 2. The minimum atomic E-state index is 0. The number of nitrogens with zero attached hydrogens (tertiary/aromatic N) is 3. The Bertz CT molecular complexity index is 515. The van der Waals surface area contributed by atoms with Crippen LogP contribution in [-0.2, 0) is 0 Å². The molecule has 6 nitrogen and oxygen atoms in total. The van der Waals surface area contributed by atoms with Gasteiger partial charge in [-0.05, 0) is 6.42 Å². The fourth-order valence-corrected chi connectivity index (χ4v) is 2.66. The van der Waals surface area contributed by atoms with Gasteiger partial charge < -0.3 is 24.6 Å². The highest BCUT2D eigenvalue weighted by Gasteiger charge is 2.24. The van der Waals surface area contributed by atoms with Gasteiger partial charge in [-0.2, -0.15) is 0 Å². The first-order chi connectivity index (χ1) is 10.6. The second kappa shape index (κ2) is 9.05. The maximum Gasteiger partial charge on any atom is 0.193 e. The van der Waals surface area contributed by atoms with Gasteiger partial charge in [0.1, 0.15) is 11.5 Å². The van der Waals surface area contributed by atoms with Crippen molar-refractivity contribution in [3.8, 4) is 11.5 Å². The molecule has 1 aliphatic heterocycles. The summed E-state index contributed by atoms with van der Waals surface area (Å²) in [5, 5.41) is 3.49. The van der Waals surface area contributed by atoms with E-state index >= 15 is 0 Å². The molecular formula is C16H27IN4O2. The van der Waals surface area contributed by atoms with Crippen LogP contribution in [0, 0.1) is 0 Å². The standard InChI is InChI=1S/C16H26N4O2.HI/c1-17-16(19(2)3)18-12-6-7-20(11-12)13-8-14(21-4)10-15(9-13)22-5;/h8-10,12H,6-7,11H2,1-5H3,(H,17,18);1H. The van der Waals surface area contributed by atoms with E-state index in [9.17, 15) is 0 Å². The SMILES string of the molecule is CN=C(NC1CCN(c2cc(OC)cc(OC)c2)C1)N(C)C.I. The molecule has 1 aliphatic rings. The smallest absolute Gasteiger partial charge is 0.193 e. The first-order valence-electron chi connectivity index (χ1n) is 7.46. The topological polar surface area (TPSA) is 49.3 Å². The Hall–Kier alpha value is -1.38. The van der Waals surface area contributed by atoms with E-state index in [2.05, 4.69) is 15.2 Å². The van der Waals surface area contributed by atoms with Gasteiger partial charge in [-0.1, -0.05) is 0 Å². The van der Waals surface area contributed by atoms with E-state index in [1.54, 1.807) is 14.2 Å². The van der Waals surface area contributed by atoms with Gasteiger partial charge in [0.2, 0.25) is 0 Å². The average Bonchev–Trinajstić information content (AvgIpc) is 3.00. The van der Waals surface area contributed by atoms with Crippen molar-refractivity contribution in [2.24, 2.45) is 4.99 Å². The average molecular weight is 434 g/mol. The third kappa shape index (κ3) is 5.05. The van der Waals surface area contributed by atoms with Crippen molar-refractivity contribution in [1.29, 1.82) is 0 Å². The van der Waals surface area contributed by atoms with Crippen LogP contribution in [0.2, 0.25) is 0 Å². The molecule has 0 spiro atoms. The van der Waals surface area contributed by atoms with Gasteiger partial charge in [0.05, 0.1) is 14.2 Å². The predicted octanol–water partition coefficient (Wildman–Crippen LogP) is 2.04. The summed E-state index contributed by atoms with van der Waals surface area (Å²) < 4.78 is 10.7. The van der Waals surface area contributed by atoms with E-state index in [1.807, 2.05) is 44.2 Å². The van der Waals surface area contributed by atoms with Gasteiger partial charge in [0.25, 0.3) is 0 Å². The molecule has 23 heavy (non-hydrogen) atoms. The maximum absolute atomic E-state index is 5.35. The molecule has 1 aromatic rings. The van der Waals surface area contributed by atoms with E-state index in [-0.39, 0.29) is 24.0 Å². The fraction of sp³-hybridized carbons (Fsp3) is 0.562. The van der Waals surface area contributed by atoms with Crippen molar-refractivity contribution in [2.75, 3.05) is 53.4 Å². The molecule has 0 aromatic heterocycles. The summed E-state index contributed by atoms with van der Waals surface area (Å²) in [5.74, 6) is 2.54. The van der Waals surface area contributed by atoms with Crippen LogP contribution in [0.5, 0.6) is 11.5 Å². The fourth-order valence-electron chi connectivity index (χ4n) is 2.66. The third-order valence-electron chi connectivity index (χ3n) is 3.86. The van der Waals surface area contributed by atoms with Gasteiger partial charge in [0, 0.05) is 64.2 Å². The number of halogens is 1. The van der Waals surface area contributed by atoms with E-state index in [0.717, 1.165) is 42.7 Å². The largest absolute Gasteiger partial charge is 0.497 e. The zero-order valence-corrected chi connectivity index (χ0v) is 16.8. The number of guanidine groups is 1. The van der Waals surface area contributed by atoms with Crippen LogP contribution in [0.3, 0.4) is 0 Å². The van der Waals surface area contributed by atoms with E-state index in [4.69, 9.17) is 9.47 Å². The van der Waals surface area contributed by atoms with Crippen LogP contribution >= 0.6 is 24.0 Å². The summed E-state index contributed by atoms with van der Waals surface area (Å²) in [6.07, 6.45) is 1.08. The van der Waals surface area contributed by atoms with E-state index in [0.29, 0.717) is 6.04 Å². The molecule has 0 bridgehead atoms. The van der Waals surface area contributed by atoms with Crippen molar-refractivity contribution >= 4 is 35.6 Å². The molecule has 0 amide bonds. The van der Waals surface area contributed by atoms with Gasteiger partial charge >= 0.3 is 0 Å². The number of methoxy groups -OCH3 is 2. The Morgan fingerprint density at radius 1 is 1.22 bits per heavy atom. The zero-order chi connectivity index (χ0) is 16.1. The molecule has 2 rings (SSSR count). The van der Waals surface area contributed by atoms with Crippen molar-refractivity contribution in [1.82, 2.24) is 10.2 Å². The zero-order valence-electron chi connectivity index (χ0n) is 14.5. The van der Waals surface area contributed by atoms with Crippen molar-refractivity contribution < 1.29 is 9.47 Å². The first kappa shape index (κ1) is 19.7. The number of hydrogen-bond donors (Lipinski definition) is 1. The maximum atomic E-state index is 5.35. The number of nitrogens with one attached hydrogen (secondary N) is 1. The monoisotopic (exact) mass is 434 g/mol. The van der Waals surface area contributed by atoms with Crippen molar-refractivity contribution in [3.05, 3.63) is 18.2 Å². The summed E-state index contributed by atoms with van der Waals surface area (Å²) in [6.45, 7) is 1.93. The molecule has 1 atom stereocenters. The summed E-state index contributed by atoms with van der Waals surface area (Å²) in [5.41, 5.74) is 1.13. The Balaban J connectivity index is 0.00000264. The Labute approximate surface area is 155 Å². The summed E-state index contributed by atoms with van der Waals surface area (Å²) >= 11 is 0. The highest BCUT2D eigenvalue weighted by molar-refractivity contribution is 14.0. The van der Waals surface area contributed by atoms with Gasteiger partial charge in [-0.3, -0.25) is 4.99 Å². The molecule has 0 saturated carbocycles. The van der Waals surface area contributed by atoms with Crippen molar-refractivity contribution in [3.63, 3.8) is 0 Å². The quantitative estimate of drug-likeness (QED) is 0.447. The molecule has 7 heteroatoms. The molecule has 1 N–H and O–H groups in total. The van der Waals surface area contributed by atoms with Gasteiger partial charge in [-0.15, -0.1) is 24.0 Å². The summed E-state index contributed by atoms with van der Waals surface area (Å²) in [7, 11) is 9.15. The van der Waals surface area contributed by atoms with Crippen LogP contribution in [0.4, 0.5) is 5.69 Å². The normalized spacial score (nSPS) is 17.5. The Morgan fingerprint density at radius 2 is 1.83 bits per heavy atom. The van der Waals surface area contributed by atoms with E-state index in [1.165, 1.54) is 0 Å². The Morgan fingerprint density at radius 3 is 2.30 bits per heavy atom. The third-order valence-corrected chi connectivity index (χ3v) is 3.86. The minimum absolute atomic E-state index is 0. The molecule has 130 valence electrons. The summed E-state index contributed by atoms with van der Waals surface area (Å²) in [6, 6.07) is 6.37. The molecule has 1 fully saturated rings. The van der Waals surface area contributed by atoms with Crippen LogP contribution in [0.15, 0.2) is 23.2 Å². The number of aliphatic imine (C=N–C) groups is 1. The second-order valence-electron chi connectivity index (χ2n) is 5.59. The van der Waals surface area contributed by atoms with Crippen LogP contribution in [0.25, 0.3) is 0 Å². The van der Waals surface area contributed by atoms with Gasteiger partial charge in [0.15, 0.2) is 5.96 Å². The molecule has 1 aromatic carbocycles. The lowest BCUT2D eigenvalue weighted by Crippen LogP contribution is -2.43. The minimum Gasteiger partial charge on any atom is -0.497 e. The van der Waals surface area contributed by atoms with E-state index < -0.39 is 0 Å². The van der Waals surface area contributed by atoms with Crippen LogP contribution in [-0.4, -0.2) is 65.4 Å². The highest BCUT2D eigenvalue weighted by atomic mass is 127. The number of benzene rings is 1. The molecule has 0 radical (unpaired) electrons. The predicted molar refractivity (Wildman–Crippen MR) is 106 cm³/mol. The van der Waals surface area contributed by atoms with Crippen molar-refractivity contribution in [2.45, 2.75) is 12.5 Å². The highest BCUT2D eigenvalue weighted by Crippen LogP contribution is 2.30. The van der Waals surface area contributed by atoms with Crippen LogP contribution in [0.1, 0.15) is 6.42 Å². The number of anilines is 1. The first-order valence-corrected chi connectivity index (χ1v) is 7.46. The number of rotatable bonds is 4. The summed E-state index contributed by atoms with van der Waals surface area (Å²) in [4.78, 5) is 8.61.